The molecule has 2 saturated carbocycles. The standard InChI is InChI=1S/C21H28N2O4S/c1-15(12-22-27-13-16-7-5-4-6-8-16)19(24)23-18-11-17-9-10-21(18,20(17,2)3)14-28(23,25)26/h4-8,12,15,17-18H,9-11,13-14H2,1-3H3/b22-12-/t15?,17-,18-,21-/m1/s1. The third-order valence-electron chi connectivity index (χ3n) is 7.45. The summed E-state index contributed by atoms with van der Waals surface area (Å²) in [5, 5.41) is 3.90. The molecule has 1 unspecified atom stereocenters. The quantitative estimate of drug-likeness (QED) is 0.558. The molecule has 1 aromatic carbocycles. The van der Waals surface area contributed by atoms with Crippen molar-refractivity contribution in [3.8, 4) is 0 Å². The molecule has 6 nitrogen and oxygen atoms in total. The van der Waals surface area contributed by atoms with E-state index in [9.17, 15) is 13.2 Å². The van der Waals surface area contributed by atoms with Crippen LogP contribution < -0.4 is 0 Å². The molecule has 2 aliphatic carbocycles. The van der Waals surface area contributed by atoms with E-state index in [1.807, 2.05) is 30.3 Å². The zero-order chi connectivity index (χ0) is 20.2. The zero-order valence-electron chi connectivity index (χ0n) is 16.7. The summed E-state index contributed by atoms with van der Waals surface area (Å²) < 4.78 is 27.1. The summed E-state index contributed by atoms with van der Waals surface area (Å²) in [6, 6.07) is 9.40. The van der Waals surface area contributed by atoms with Crippen LogP contribution in [0.25, 0.3) is 0 Å². The maximum absolute atomic E-state index is 13.1. The molecule has 1 spiro atoms. The molecular formula is C21H28N2O4S. The van der Waals surface area contributed by atoms with Crippen molar-refractivity contribution in [1.29, 1.82) is 0 Å². The lowest BCUT2D eigenvalue weighted by molar-refractivity contribution is -0.130. The number of benzene rings is 1. The van der Waals surface area contributed by atoms with E-state index in [1.54, 1.807) is 6.92 Å². The third kappa shape index (κ3) is 2.78. The van der Waals surface area contributed by atoms with Gasteiger partial charge >= 0.3 is 0 Å². The summed E-state index contributed by atoms with van der Waals surface area (Å²) in [6.45, 7) is 6.34. The molecule has 28 heavy (non-hydrogen) atoms. The molecule has 1 aliphatic heterocycles. The molecule has 1 aromatic rings. The summed E-state index contributed by atoms with van der Waals surface area (Å²) in [6.07, 6.45) is 4.14. The van der Waals surface area contributed by atoms with Crippen molar-refractivity contribution in [2.45, 2.75) is 52.7 Å². The van der Waals surface area contributed by atoms with Crippen molar-refractivity contribution in [3.05, 3.63) is 35.9 Å². The lowest BCUT2D eigenvalue weighted by Crippen LogP contribution is -2.46. The smallest absolute Gasteiger partial charge is 0.244 e. The number of carbonyl (C=O) groups is 1. The van der Waals surface area contributed by atoms with E-state index in [2.05, 4.69) is 19.0 Å². The third-order valence-corrected chi connectivity index (χ3v) is 9.36. The number of rotatable bonds is 5. The van der Waals surface area contributed by atoms with Crippen molar-refractivity contribution in [2.24, 2.45) is 27.8 Å². The fraction of sp³-hybridized carbons (Fsp3) is 0.619. The SMILES string of the molecule is CC(/C=N\OCc1ccccc1)C(=O)N1[C@@H]2C[C@H]3CC[C@]2(CS1(=O)=O)C3(C)C. The van der Waals surface area contributed by atoms with E-state index in [4.69, 9.17) is 4.84 Å². The van der Waals surface area contributed by atoms with Crippen LogP contribution >= 0.6 is 0 Å². The van der Waals surface area contributed by atoms with Gasteiger partial charge in [0.25, 0.3) is 0 Å². The molecule has 1 saturated heterocycles. The Hall–Kier alpha value is -1.89. The van der Waals surface area contributed by atoms with Crippen molar-refractivity contribution in [2.75, 3.05) is 5.75 Å². The van der Waals surface area contributed by atoms with Gasteiger partial charge in [-0.15, -0.1) is 0 Å². The number of fused-ring (bicyclic) bond motifs is 1. The molecule has 1 heterocycles. The summed E-state index contributed by atoms with van der Waals surface area (Å²) in [5.41, 5.74) is 0.634. The normalized spacial score (nSPS) is 33.2. The fourth-order valence-corrected chi connectivity index (χ4v) is 8.28. The number of oxime groups is 1. The van der Waals surface area contributed by atoms with E-state index < -0.39 is 21.8 Å². The minimum atomic E-state index is -3.60. The van der Waals surface area contributed by atoms with Gasteiger partial charge in [0.05, 0.1) is 23.9 Å². The van der Waals surface area contributed by atoms with Crippen molar-refractivity contribution in [1.82, 2.24) is 4.31 Å². The van der Waals surface area contributed by atoms with Gasteiger partial charge in [-0.1, -0.05) is 49.3 Å². The summed E-state index contributed by atoms with van der Waals surface area (Å²) in [4.78, 5) is 18.3. The topological polar surface area (TPSA) is 76.0 Å². The lowest BCUT2D eigenvalue weighted by Gasteiger charge is -2.37. The second-order valence-corrected chi connectivity index (χ2v) is 10.9. The molecule has 4 rings (SSSR count). The Labute approximate surface area is 167 Å². The first-order chi connectivity index (χ1) is 13.2. The Bertz CT molecular complexity index is 896. The van der Waals surface area contributed by atoms with Gasteiger partial charge in [0.1, 0.15) is 6.61 Å². The highest BCUT2D eigenvalue weighted by atomic mass is 32.2. The highest BCUT2D eigenvalue weighted by Gasteiger charge is 2.72. The van der Waals surface area contributed by atoms with Crippen LogP contribution in [0.3, 0.4) is 0 Å². The molecule has 0 aromatic heterocycles. The van der Waals surface area contributed by atoms with Crippen molar-refractivity contribution in [3.63, 3.8) is 0 Å². The van der Waals surface area contributed by atoms with Gasteiger partial charge in [-0.05, 0) is 43.1 Å². The Kier molecular flexibility index (Phi) is 4.56. The molecule has 4 atom stereocenters. The average molecular weight is 405 g/mol. The summed E-state index contributed by atoms with van der Waals surface area (Å²) in [7, 11) is -3.60. The first kappa shape index (κ1) is 19.4. The largest absolute Gasteiger partial charge is 0.391 e. The number of hydrogen-bond acceptors (Lipinski definition) is 5. The van der Waals surface area contributed by atoms with Gasteiger partial charge in [-0.3, -0.25) is 4.79 Å². The molecule has 3 fully saturated rings. The minimum absolute atomic E-state index is 0.0457. The molecule has 7 heteroatoms. The van der Waals surface area contributed by atoms with Gasteiger partial charge in [0.2, 0.25) is 15.9 Å². The molecule has 3 aliphatic rings. The van der Waals surface area contributed by atoms with Crippen LogP contribution in [0.15, 0.2) is 35.5 Å². The number of carbonyl (C=O) groups excluding carboxylic acids is 1. The second-order valence-electron chi connectivity index (χ2n) is 9.06. The van der Waals surface area contributed by atoms with Crippen molar-refractivity contribution < 1.29 is 18.0 Å². The van der Waals surface area contributed by atoms with E-state index in [0.29, 0.717) is 12.5 Å². The van der Waals surface area contributed by atoms with Gasteiger partial charge in [-0.25, -0.2) is 12.7 Å². The molecule has 1 amide bonds. The minimum Gasteiger partial charge on any atom is -0.391 e. The monoisotopic (exact) mass is 404 g/mol. The number of hydrogen-bond donors (Lipinski definition) is 0. The Morgan fingerprint density at radius 3 is 2.75 bits per heavy atom. The van der Waals surface area contributed by atoms with E-state index in [0.717, 1.165) is 24.8 Å². The molecule has 0 radical (unpaired) electrons. The maximum Gasteiger partial charge on any atom is 0.244 e. The van der Waals surface area contributed by atoms with E-state index >= 15 is 0 Å². The van der Waals surface area contributed by atoms with Crippen molar-refractivity contribution >= 4 is 22.1 Å². The summed E-state index contributed by atoms with van der Waals surface area (Å²) in [5.74, 6) is -0.462. The first-order valence-electron chi connectivity index (χ1n) is 9.94. The van der Waals surface area contributed by atoms with Crippen LogP contribution in [-0.2, 0) is 26.3 Å². The van der Waals surface area contributed by atoms with Crippen LogP contribution in [0.5, 0.6) is 0 Å². The molecular weight excluding hydrogens is 376 g/mol. The predicted octanol–water partition coefficient (Wildman–Crippen LogP) is 3.19. The Morgan fingerprint density at radius 2 is 2.07 bits per heavy atom. The highest BCUT2D eigenvalue weighted by Crippen LogP contribution is 2.70. The van der Waals surface area contributed by atoms with Gasteiger partial charge < -0.3 is 4.84 Å². The molecule has 0 N–H and O–H groups in total. The van der Waals surface area contributed by atoms with Gasteiger partial charge in [0.15, 0.2) is 0 Å². The number of sulfonamides is 1. The van der Waals surface area contributed by atoms with Crippen LogP contribution in [0.4, 0.5) is 0 Å². The first-order valence-corrected chi connectivity index (χ1v) is 11.6. The Balaban J connectivity index is 1.46. The van der Waals surface area contributed by atoms with Crippen LogP contribution in [0, 0.1) is 22.7 Å². The lowest BCUT2D eigenvalue weighted by atomic mass is 9.69. The number of nitrogens with zero attached hydrogens (tertiary/aromatic N) is 2. The second kappa shape index (κ2) is 6.58. The van der Waals surface area contributed by atoms with Gasteiger partial charge in [0, 0.05) is 5.41 Å². The van der Waals surface area contributed by atoms with Crippen LogP contribution in [-0.4, -0.2) is 36.6 Å². The average Bonchev–Trinajstić information content (AvgIpc) is 3.13. The predicted molar refractivity (Wildman–Crippen MR) is 107 cm³/mol. The van der Waals surface area contributed by atoms with Crippen LogP contribution in [0.1, 0.15) is 45.6 Å². The Morgan fingerprint density at radius 1 is 1.36 bits per heavy atom. The van der Waals surface area contributed by atoms with Gasteiger partial charge in [-0.2, -0.15) is 0 Å². The molecule has 152 valence electrons. The maximum atomic E-state index is 13.1. The van der Waals surface area contributed by atoms with E-state index in [1.165, 1.54) is 10.5 Å². The zero-order valence-corrected chi connectivity index (χ0v) is 17.5. The molecule has 2 bridgehead atoms. The van der Waals surface area contributed by atoms with Crippen LogP contribution in [0.2, 0.25) is 0 Å². The fourth-order valence-electron chi connectivity index (χ4n) is 5.66. The number of amides is 1. The van der Waals surface area contributed by atoms with E-state index in [-0.39, 0.29) is 22.6 Å². The highest BCUT2D eigenvalue weighted by molar-refractivity contribution is 7.90. The summed E-state index contributed by atoms with van der Waals surface area (Å²) >= 11 is 0.